The topological polar surface area (TPSA) is 24.4 Å². The summed E-state index contributed by atoms with van der Waals surface area (Å²) in [6.07, 6.45) is 1.14. The third-order valence-corrected chi connectivity index (χ3v) is 3.34. The molecule has 1 N–H and O–H groups in total. The van der Waals surface area contributed by atoms with Crippen molar-refractivity contribution < 1.29 is 0 Å². The van der Waals surface area contributed by atoms with E-state index in [1.807, 2.05) is 12.1 Å². The molecule has 0 amide bonds. The van der Waals surface area contributed by atoms with Gasteiger partial charge in [0.1, 0.15) is 0 Å². The molecule has 0 aromatic heterocycles. The van der Waals surface area contributed by atoms with Gasteiger partial charge >= 0.3 is 0 Å². The SMILES string of the molecule is Clc1cc(Cl)cc(NC2=NCCCS2)c1. The molecule has 1 aliphatic rings. The van der Waals surface area contributed by atoms with E-state index < -0.39 is 0 Å². The highest BCUT2D eigenvalue weighted by atomic mass is 35.5. The lowest BCUT2D eigenvalue weighted by Crippen LogP contribution is -2.13. The second-order valence-electron chi connectivity index (χ2n) is 3.17. The maximum Gasteiger partial charge on any atom is 0.161 e. The summed E-state index contributed by atoms with van der Waals surface area (Å²) < 4.78 is 0. The van der Waals surface area contributed by atoms with Crippen LogP contribution in [0.1, 0.15) is 6.42 Å². The van der Waals surface area contributed by atoms with Crippen LogP contribution in [0.25, 0.3) is 0 Å². The zero-order valence-corrected chi connectivity index (χ0v) is 10.3. The number of rotatable bonds is 1. The Labute approximate surface area is 103 Å². The lowest BCUT2D eigenvalue weighted by molar-refractivity contribution is 0.938. The summed E-state index contributed by atoms with van der Waals surface area (Å²) in [5, 5.41) is 5.41. The number of nitrogens with one attached hydrogen (secondary N) is 1. The van der Waals surface area contributed by atoms with Crippen LogP contribution in [0.3, 0.4) is 0 Å². The minimum atomic E-state index is 0.631. The normalized spacial score (nSPS) is 16.0. The lowest BCUT2D eigenvalue weighted by Gasteiger charge is -2.13. The smallest absolute Gasteiger partial charge is 0.161 e. The average molecular weight is 261 g/mol. The molecule has 0 unspecified atom stereocenters. The van der Waals surface area contributed by atoms with Crippen molar-refractivity contribution in [2.75, 3.05) is 17.6 Å². The molecular weight excluding hydrogens is 251 g/mol. The number of anilines is 1. The fourth-order valence-electron chi connectivity index (χ4n) is 1.28. The Bertz CT molecular complexity index is 373. The summed E-state index contributed by atoms with van der Waals surface area (Å²) in [5.74, 6) is 1.11. The van der Waals surface area contributed by atoms with Crippen molar-refractivity contribution in [3.8, 4) is 0 Å². The number of thioether (sulfide) groups is 1. The number of hydrogen-bond donors (Lipinski definition) is 1. The summed E-state index contributed by atoms with van der Waals surface area (Å²) in [5.41, 5.74) is 0.889. The summed E-state index contributed by atoms with van der Waals surface area (Å²) >= 11 is 13.5. The largest absolute Gasteiger partial charge is 0.335 e. The van der Waals surface area contributed by atoms with E-state index in [2.05, 4.69) is 10.3 Å². The molecule has 0 atom stereocenters. The van der Waals surface area contributed by atoms with Crippen LogP contribution in [0.2, 0.25) is 10.0 Å². The Morgan fingerprint density at radius 1 is 1.20 bits per heavy atom. The molecule has 1 heterocycles. The quantitative estimate of drug-likeness (QED) is 0.829. The molecule has 0 fully saturated rings. The zero-order chi connectivity index (χ0) is 10.7. The fourth-order valence-corrected chi connectivity index (χ4v) is 2.65. The van der Waals surface area contributed by atoms with E-state index in [9.17, 15) is 0 Å². The highest BCUT2D eigenvalue weighted by Gasteiger charge is 2.06. The summed E-state index contributed by atoms with van der Waals surface area (Å²) in [6.45, 7) is 0.892. The van der Waals surface area contributed by atoms with Crippen LogP contribution in [0.5, 0.6) is 0 Å². The first-order valence-electron chi connectivity index (χ1n) is 4.64. The van der Waals surface area contributed by atoms with E-state index in [1.54, 1.807) is 17.8 Å². The first kappa shape index (κ1) is 11.1. The number of benzene rings is 1. The molecule has 5 heteroatoms. The second kappa shape index (κ2) is 5.10. The lowest BCUT2D eigenvalue weighted by atomic mass is 10.3. The van der Waals surface area contributed by atoms with Crippen LogP contribution in [0.4, 0.5) is 5.69 Å². The molecule has 0 bridgehead atoms. The Hall–Kier alpha value is -0.380. The van der Waals surface area contributed by atoms with Crippen molar-refractivity contribution in [3.63, 3.8) is 0 Å². The molecule has 0 saturated heterocycles. The van der Waals surface area contributed by atoms with Crippen LogP contribution in [0.15, 0.2) is 23.2 Å². The summed E-state index contributed by atoms with van der Waals surface area (Å²) in [6, 6.07) is 5.39. The van der Waals surface area contributed by atoms with Gasteiger partial charge in [-0.15, -0.1) is 0 Å². The number of amidine groups is 1. The van der Waals surface area contributed by atoms with Crippen molar-refractivity contribution in [2.45, 2.75) is 6.42 Å². The van der Waals surface area contributed by atoms with Crippen LogP contribution >= 0.6 is 35.0 Å². The van der Waals surface area contributed by atoms with Gasteiger partial charge in [0.15, 0.2) is 5.17 Å². The number of aliphatic imine (C=N–C) groups is 1. The van der Waals surface area contributed by atoms with E-state index in [-0.39, 0.29) is 0 Å². The molecule has 1 aromatic carbocycles. The Balaban J connectivity index is 2.12. The van der Waals surface area contributed by atoms with Crippen molar-refractivity contribution in [3.05, 3.63) is 28.2 Å². The molecule has 15 heavy (non-hydrogen) atoms. The molecule has 80 valence electrons. The highest BCUT2D eigenvalue weighted by Crippen LogP contribution is 2.24. The molecule has 2 rings (SSSR count). The number of hydrogen-bond acceptors (Lipinski definition) is 3. The molecule has 0 saturated carbocycles. The first-order chi connectivity index (χ1) is 7.24. The van der Waals surface area contributed by atoms with E-state index in [0.717, 1.165) is 29.6 Å². The Morgan fingerprint density at radius 3 is 2.53 bits per heavy atom. The van der Waals surface area contributed by atoms with Gasteiger partial charge in [0.2, 0.25) is 0 Å². The van der Waals surface area contributed by atoms with Crippen molar-refractivity contribution in [1.29, 1.82) is 0 Å². The summed E-state index contributed by atoms with van der Waals surface area (Å²) in [4.78, 5) is 4.37. The highest BCUT2D eigenvalue weighted by molar-refractivity contribution is 8.14. The van der Waals surface area contributed by atoms with Crippen LogP contribution in [0, 0.1) is 0 Å². The third-order valence-electron chi connectivity index (χ3n) is 1.91. The zero-order valence-electron chi connectivity index (χ0n) is 7.96. The second-order valence-corrected chi connectivity index (χ2v) is 5.13. The molecule has 1 aromatic rings. The van der Waals surface area contributed by atoms with Crippen LogP contribution < -0.4 is 5.32 Å². The molecule has 0 radical (unpaired) electrons. The number of nitrogens with zero attached hydrogens (tertiary/aromatic N) is 1. The van der Waals surface area contributed by atoms with Crippen molar-refractivity contribution in [2.24, 2.45) is 4.99 Å². The first-order valence-corrected chi connectivity index (χ1v) is 6.38. The van der Waals surface area contributed by atoms with E-state index in [1.165, 1.54) is 0 Å². The Kier molecular flexibility index (Phi) is 3.78. The minimum Gasteiger partial charge on any atom is -0.335 e. The monoisotopic (exact) mass is 260 g/mol. The van der Waals surface area contributed by atoms with Gasteiger partial charge in [-0.1, -0.05) is 35.0 Å². The van der Waals surface area contributed by atoms with Gasteiger partial charge in [0.25, 0.3) is 0 Å². The van der Waals surface area contributed by atoms with Crippen LogP contribution in [-0.2, 0) is 0 Å². The van der Waals surface area contributed by atoms with Gasteiger partial charge in [-0.2, -0.15) is 0 Å². The van der Waals surface area contributed by atoms with Gasteiger partial charge in [-0.25, -0.2) is 0 Å². The molecule has 0 aliphatic carbocycles. The average Bonchev–Trinajstić information content (AvgIpc) is 2.17. The van der Waals surface area contributed by atoms with Gasteiger partial charge in [0.05, 0.1) is 0 Å². The number of halogens is 2. The summed E-state index contributed by atoms with van der Waals surface area (Å²) in [7, 11) is 0. The predicted octanol–water partition coefficient (Wildman–Crippen LogP) is 3.90. The standard InChI is InChI=1S/C10H10Cl2N2S/c11-7-4-8(12)6-9(5-7)14-10-13-2-1-3-15-10/h4-6H,1-3H2,(H,13,14). The maximum atomic E-state index is 5.90. The van der Waals surface area contributed by atoms with Gasteiger partial charge in [-0.3, -0.25) is 4.99 Å². The fraction of sp³-hybridized carbons (Fsp3) is 0.300. The maximum absolute atomic E-state index is 5.90. The van der Waals surface area contributed by atoms with E-state index in [4.69, 9.17) is 23.2 Å². The van der Waals surface area contributed by atoms with Crippen molar-refractivity contribution >= 4 is 45.8 Å². The molecule has 0 spiro atoms. The van der Waals surface area contributed by atoms with Crippen molar-refractivity contribution in [1.82, 2.24) is 0 Å². The van der Waals surface area contributed by atoms with Gasteiger partial charge in [-0.05, 0) is 24.6 Å². The third kappa shape index (κ3) is 3.30. The minimum absolute atomic E-state index is 0.631. The van der Waals surface area contributed by atoms with Gasteiger partial charge < -0.3 is 5.32 Å². The predicted molar refractivity (Wildman–Crippen MR) is 69.5 cm³/mol. The van der Waals surface area contributed by atoms with Gasteiger partial charge in [0, 0.05) is 28.0 Å². The molecular formula is C10H10Cl2N2S. The van der Waals surface area contributed by atoms with E-state index in [0.29, 0.717) is 10.0 Å². The molecule has 2 nitrogen and oxygen atoms in total. The van der Waals surface area contributed by atoms with E-state index >= 15 is 0 Å². The Morgan fingerprint density at radius 2 is 1.93 bits per heavy atom. The molecule has 1 aliphatic heterocycles. The van der Waals surface area contributed by atoms with Crippen LogP contribution in [-0.4, -0.2) is 17.5 Å².